The Morgan fingerprint density at radius 1 is 0.700 bits per heavy atom. The summed E-state index contributed by atoms with van der Waals surface area (Å²) in [6.45, 7) is 4.33. The van der Waals surface area contributed by atoms with Crippen molar-refractivity contribution in [2.24, 2.45) is 0 Å². The molecular weight excluding hydrogens is 242 g/mol. The fourth-order valence-electron chi connectivity index (χ4n) is 2.85. The summed E-state index contributed by atoms with van der Waals surface area (Å²) in [6.07, 6.45) is 0. The lowest BCUT2D eigenvalue weighted by molar-refractivity contribution is 1.16. The molecule has 0 fully saturated rings. The van der Waals surface area contributed by atoms with Crippen LogP contribution in [0.3, 0.4) is 0 Å². The molecule has 0 amide bonds. The number of aryl methyl sites for hydroxylation is 2. The summed E-state index contributed by atoms with van der Waals surface area (Å²) in [6, 6.07) is 21.6. The van der Waals surface area contributed by atoms with Crippen LogP contribution in [0.1, 0.15) is 11.1 Å². The first-order valence-electron chi connectivity index (χ1n) is 6.95. The summed E-state index contributed by atoms with van der Waals surface area (Å²) in [4.78, 5) is 2.27. The van der Waals surface area contributed by atoms with E-state index in [1.165, 1.54) is 33.3 Å². The van der Waals surface area contributed by atoms with E-state index in [9.17, 15) is 0 Å². The van der Waals surface area contributed by atoms with Crippen LogP contribution in [-0.4, -0.2) is 7.05 Å². The van der Waals surface area contributed by atoms with Crippen LogP contribution in [0.15, 0.2) is 60.7 Å². The maximum absolute atomic E-state index is 2.27. The van der Waals surface area contributed by atoms with Crippen molar-refractivity contribution in [1.82, 2.24) is 0 Å². The van der Waals surface area contributed by atoms with Gasteiger partial charge in [0.25, 0.3) is 0 Å². The van der Waals surface area contributed by atoms with Gasteiger partial charge in [0.1, 0.15) is 0 Å². The van der Waals surface area contributed by atoms with Crippen LogP contribution >= 0.6 is 0 Å². The minimum absolute atomic E-state index is 1.22. The summed E-state index contributed by atoms with van der Waals surface area (Å²) in [5.74, 6) is 0. The zero-order valence-corrected chi connectivity index (χ0v) is 12.2. The smallest absolute Gasteiger partial charge is 0.0467 e. The Hall–Kier alpha value is -2.28. The summed E-state index contributed by atoms with van der Waals surface area (Å²) in [5.41, 5.74) is 5.13. The third-order valence-electron chi connectivity index (χ3n) is 3.90. The maximum Gasteiger partial charge on any atom is 0.0467 e. The summed E-state index contributed by atoms with van der Waals surface area (Å²) in [7, 11) is 2.14. The van der Waals surface area contributed by atoms with Gasteiger partial charge in [-0.3, -0.25) is 0 Å². The van der Waals surface area contributed by atoms with Crippen molar-refractivity contribution in [2.75, 3.05) is 11.9 Å². The minimum atomic E-state index is 1.22. The summed E-state index contributed by atoms with van der Waals surface area (Å²) >= 11 is 0. The Labute approximate surface area is 120 Å². The molecule has 0 aliphatic heterocycles. The van der Waals surface area contributed by atoms with Crippen LogP contribution in [0.25, 0.3) is 10.8 Å². The summed E-state index contributed by atoms with van der Waals surface area (Å²) in [5, 5.41) is 2.56. The van der Waals surface area contributed by atoms with Gasteiger partial charge in [-0.2, -0.15) is 0 Å². The van der Waals surface area contributed by atoms with Gasteiger partial charge < -0.3 is 4.90 Å². The molecule has 20 heavy (non-hydrogen) atoms. The third kappa shape index (κ3) is 2.16. The molecule has 0 N–H and O–H groups in total. The largest absolute Gasteiger partial charge is 0.344 e. The SMILES string of the molecule is Cc1cccc(C)c1N(C)c1ccc2ccccc2c1. The number of hydrogen-bond donors (Lipinski definition) is 0. The van der Waals surface area contributed by atoms with Crippen LogP contribution in [0.2, 0.25) is 0 Å². The van der Waals surface area contributed by atoms with Crippen LogP contribution in [-0.2, 0) is 0 Å². The highest BCUT2D eigenvalue weighted by Crippen LogP contribution is 2.31. The summed E-state index contributed by atoms with van der Waals surface area (Å²) < 4.78 is 0. The number of fused-ring (bicyclic) bond motifs is 1. The second-order valence-electron chi connectivity index (χ2n) is 5.33. The average Bonchev–Trinajstić information content (AvgIpc) is 2.46. The Kier molecular flexibility index (Phi) is 3.19. The highest BCUT2D eigenvalue weighted by Gasteiger charge is 2.09. The molecule has 1 nitrogen and oxygen atoms in total. The van der Waals surface area contributed by atoms with Gasteiger partial charge in [-0.1, -0.05) is 48.5 Å². The topological polar surface area (TPSA) is 3.24 Å². The van der Waals surface area contributed by atoms with Gasteiger partial charge in [-0.15, -0.1) is 0 Å². The lowest BCUT2D eigenvalue weighted by atomic mass is 10.1. The molecule has 0 aromatic heterocycles. The zero-order valence-electron chi connectivity index (χ0n) is 12.2. The molecule has 0 aliphatic rings. The molecule has 0 saturated heterocycles. The lowest BCUT2D eigenvalue weighted by Crippen LogP contribution is -2.12. The molecule has 0 heterocycles. The second-order valence-corrected chi connectivity index (χ2v) is 5.33. The molecule has 0 unspecified atom stereocenters. The number of anilines is 2. The van der Waals surface area contributed by atoms with Gasteiger partial charge in [0.2, 0.25) is 0 Å². The first kappa shape index (κ1) is 12.7. The Morgan fingerprint density at radius 3 is 2.05 bits per heavy atom. The molecule has 3 aromatic rings. The molecule has 3 rings (SSSR count). The molecule has 0 bridgehead atoms. The predicted octanol–water partition coefficient (Wildman–Crippen LogP) is 5.22. The van der Waals surface area contributed by atoms with Gasteiger partial charge in [-0.25, -0.2) is 0 Å². The quantitative estimate of drug-likeness (QED) is 0.611. The number of rotatable bonds is 2. The van der Waals surface area contributed by atoms with E-state index in [1.54, 1.807) is 0 Å². The van der Waals surface area contributed by atoms with Crippen LogP contribution in [0.4, 0.5) is 11.4 Å². The molecule has 0 atom stereocenters. The predicted molar refractivity (Wildman–Crippen MR) is 87.9 cm³/mol. The van der Waals surface area contributed by atoms with Gasteiger partial charge in [0.05, 0.1) is 0 Å². The fraction of sp³-hybridized carbons (Fsp3) is 0.158. The molecule has 0 aliphatic carbocycles. The molecular formula is C19H19N. The van der Waals surface area contributed by atoms with E-state index in [4.69, 9.17) is 0 Å². The molecule has 3 aromatic carbocycles. The van der Waals surface area contributed by atoms with Gasteiger partial charge in [-0.05, 0) is 47.9 Å². The Balaban J connectivity index is 2.10. The monoisotopic (exact) mass is 261 g/mol. The van der Waals surface area contributed by atoms with E-state index < -0.39 is 0 Å². The van der Waals surface area contributed by atoms with Crippen LogP contribution in [0.5, 0.6) is 0 Å². The van der Waals surface area contributed by atoms with E-state index in [0.29, 0.717) is 0 Å². The van der Waals surface area contributed by atoms with E-state index in [1.807, 2.05) is 0 Å². The van der Waals surface area contributed by atoms with Gasteiger partial charge in [0, 0.05) is 18.4 Å². The van der Waals surface area contributed by atoms with Crippen LogP contribution < -0.4 is 4.90 Å². The molecule has 0 spiro atoms. The van der Waals surface area contributed by atoms with Crippen molar-refractivity contribution in [3.8, 4) is 0 Å². The molecule has 1 heteroatoms. The second kappa shape index (κ2) is 5.01. The van der Waals surface area contributed by atoms with E-state index in [-0.39, 0.29) is 0 Å². The maximum atomic E-state index is 2.27. The number of benzene rings is 3. The van der Waals surface area contributed by atoms with Crippen molar-refractivity contribution in [3.63, 3.8) is 0 Å². The fourth-order valence-corrected chi connectivity index (χ4v) is 2.85. The Bertz CT molecular complexity index is 738. The third-order valence-corrected chi connectivity index (χ3v) is 3.90. The first-order valence-corrected chi connectivity index (χ1v) is 6.95. The van der Waals surface area contributed by atoms with Crippen molar-refractivity contribution >= 4 is 22.1 Å². The first-order chi connectivity index (χ1) is 9.66. The van der Waals surface area contributed by atoms with Crippen LogP contribution in [0, 0.1) is 13.8 Å². The van der Waals surface area contributed by atoms with Crippen molar-refractivity contribution in [2.45, 2.75) is 13.8 Å². The molecule has 100 valence electrons. The van der Waals surface area contributed by atoms with Crippen molar-refractivity contribution in [3.05, 3.63) is 71.8 Å². The number of nitrogens with zero attached hydrogens (tertiary/aromatic N) is 1. The standard InChI is InChI=1S/C19H19N/c1-14-7-6-8-15(2)19(14)20(3)18-12-11-16-9-4-5-10-17(16)13-18/h4-13H,1-3H3. The number of hydrogen-bond acceptors (Lipinski definition) is 1. The number of para-hydroxylation sites is 1. The van der Waals surface area contributed by atoms with Gasteiger partial charge >= 0.3 is 0 Å². The van der Waals surface area contributed by atoms with Crippen molar-refractivity contribution < 1.29 is 0 Å². The average molecular weight is 261 g/mol. The molecule has 0 radical (unpaired) electrons. The van der Waals surface area contributed by atoms with Gasteiger partial charge in [0.15, 0.2) is 0 Å². The van der Waals surface area contributed by atoms with E-state index in [0.717, 1.165) is 0 Å². The normalized spacial score (nSPS) is 10.8. The van der Waals surface area contributed by atoms with E-state index >= 15 is 0 Å². The highest BCUT2D eigenvalue weighted by atomic mass is 15.1. The minimum Gasteiger partial charge on any atom is -0.344 e. The Morgan fingerprint density at radius 2 is 1.35 bits per heavy atom. The highest BCUT2D eigenvalue weighted by molar-refractivity contribution is 5.87. The lowest BCUT2D eigenvalue weighted by Gasteiger charge is -2.24. The zero-order chi connectivity index (χ0) is 14.1. The van der Waals surface area contributed by atoms with E-state index in [2.05, 4.69) is 86.5 Å². The van der Waals surface area contributed by atoms with Crippen molar-refractivity contribution in [1.29, 1.82) is 0 Å². The molecule has 0 saturated carbocycles.